The molecule has 1 aliphatic rings. The van der Waals surface area contributed by atoms with Gasteiger partial charge in [-0.2, -0.15) is 10.2 Å². The Labute approximate surface area is 351 Å². The van der Waals surface area contributed by atoms with Crippen LogP contribution in [0.4, 0.5) is 0 Å². The third kappa shape index (κ3) is 33.0. The molecule has 0 saturated heterocycles. The van der Waals surface area contributed by atoms with Crippen LogP contribution >= 0.6 is 0 Å². The van der Waals surface area contributed by atoms with E-state index in [2.05, 4.69) is 61.0 Å². The van der Waals surface area contributed by atoms with Gasteiger partial charge in [-0.15, -0.1) is 0 Å². The van der Waals surface area contributed by atoms with Crippen molar-refractivity contribution in [2.75, 3.05) is 32.7 Å². The van der Waals surface area contributed by atoms with Crippen LogP contribution in [-0.4, -0.2) is 99.9 Å². The number of nitrogens with one attached hydrogen (secondary N) is 3. The van der Waals surface area contributed by atoms with Crippen LogP contribution < -0.4 is 16.2 Å². The summed E-state index contributed by atoms with van der Waals surface area (Å²) in [7, 11) is 0. The Kier molecular flexibility index (Phi) is 40.0. The second-order valence-corrected chi connectivity index (χ2v) is 14.2. The summed E-state index contributed by atoms with van der Waals surface area (Å²) in [4.78, 5) is 48.8. The summed E-state index contributed by atoms with van der Waals surface area (Å²) in [6.45, 7) is 25.0. The van der Waals surface area contributed by atoms with Gasteiger partial charge in [0.05, 0.1) is 6.54 Å². The average Bonchev–Trinajstić information content (AvgIpc) is 3.21. The molecule has 1 amide bonds. The van der Waals surface area contributed by atoms with Gasteiger partial charge in [-0.3, -0.25) is 39.8 Å². The van der Waals surface area contributed by atoms with E-state index in [4.69, 9.17) is 10.2 Å². The molecule has 336 valence electrons. The lowest BCUT2D eigenvalue weighted by atomic mass is 10.0. The van der Waals surface area contributed by atoms with Gasteiger partial charge < -0.3 is 20.6 Å². The number of nitrogens with zero attached hydrogens (tertiary/aromatic N) is 4. The SMILES string of the molecule is CC.CCC(=O)O.CCCC.CCCCCCC(C)CC.CCCN(CCN(CCC)C(CCC(=O)NCc1cc(C)cc(C2=NNC=NN2)c1)C(=O)O)CC(=O)O. The fraction of sp³-hybridized carbons (Fsp3) is 0.727. The first-order valence-electron chi connectivity index (χ1n) is 21.8. The molecule has 14 nitrogen and oxygen atoms in total. The molecule has 14 heteroatoms. The van der Waals surface area contributed by atoms with Crippen molar-refractivity contribution in [3.05, 3.63) is 34.9 Å². The Bertz CT molecular complexity index is 1270. The molecule has 1 aliphatic heterocycles. The average molecular weight is 822 g/mol. The predicted octanol–water partition coefficient (Wildman–Crippen LogP) is 8.47. The highest BCUT2D eigenvalue weighted by atomic mass is 16.4. The summed E-state index contributed by atoms with van der Waals surface area (Å²) in [6, 6.07) is 5.00. The smallest absolute Gasteiger partial charge is 0.320 e. The maximum absolute atomic E-state index is 12.6. The third-order valence-corrected chi connectivity index (χ3v) is 8.90. The first-order valence-corrected chi connectivity index (χ1v) is 21.8. The number of benzene rings is 1. The van der Waals surface area contributed by atoms with Gasteiger partial charge in [0.15, 0.2) is 5.84 Å². The fourth-order valence-electron chi connectivity index (χ4n) is 5.37. The molecule has 1 aromatic rings. The molecule has 2 unspecified atom stereocenters. The number of amides is 1. The van der Waals surface area contributed by atoms with E-state index in [-0.39, 0.29) is 31.7 Å². The van der Waals surface area contributed by atoms with Crippen LogP contribution in [0.15, 0.2) is 28.4 Å². The van der Waals surface area contributed by atoms with E-state index in [0.717, 1.165) is 35.4 Å². The van der Waals surface area contributed by atoms with Crippen molar-refractivity contribution in [1.82, 2.24) is 26.0 Å². The van der Waals surface area contributed by atoms with Crippen LogP contribution in [0, 0.1) is 12.8 Å². The molecule has 0 aromatic heterocycles. The van der Waals surface area contributed by atoms with Gasteiger partial charge in [0.2, 0.25) is 5.91 Å². The van der Waals surface area contributed by atoms with Crippen LogP contribution in [0.25, 0.3) is 0 Å². The van der Waals surface area contributed by atoms with E-state index in [9.17, 15) is 24.3 Å². The molecule has 1 aromatic carbocycles. The molecular weight excluding hydrogens is 739 g/mol. The van der Waals surface area contributed by atoms with Gasteiger partial charge in [0.25, 0.3) is 0 Å². The van der Waals surface area contributed by atoms with Crippen LogP contribution in [0.1, 0.15) is 169 Å². The number of carboxylic acid groups (broad SMARTS) is 3. The second kappa shape index (κ2) is 39.8. The van der Waals surface area contributed by atoms with E-state index in [0.29, 0.717) is 38.6 Å². The molecular formula is C44H83N7O7. The minimum Gasteiger partial charge on any atom is -0.481 e. The van der Waals surface area contributed by atoms with E-state index in [1.807, 2.05) is 62.6 Å². The normalized spacial score (nSPS) is 12.3. The summed E-state index contributed by atoms with van der Waals surface area (Å²) < 4.78 is 0. The molecule has 2 atom stereocenters. The third-order valence-electron chi connectivity index (χ3n) is 8.90. The molecule has 0 saturated carbocycles. The minimum absolute atomic E-state index is 0.0660. The van der Waals surface area contributed by atoms with Gasteiger partial charge in [0, 0.05) is 38.0 Å². The van der Waals surface area contributed by atoms with Crippen molar-refractivity contribution in [3.8, 4) is 0 Å². The Balaban J connectivity index is -0.00000118. The van der Waals surface area contributed by atoms with E-state index in [1.165, 1.54) is 57.7 Å². The van der Waals surface area contributed by atoms with Gasteiger partial charge in [-0.25, -0.2) is 0 Å². The molecule has 2 rings (SSSR count). The molecule has 0 radical (unpaired) electrons. The number of hydrazone groups is 2. The fourth-order valence-corrected chi connectivity index (χ4v) is 5.37. The van der Waals surface area contributed by atoms with E-state index >= 15 is 0 Å². The van der Waals surface area contributed by atoms with Crippen molar-refractivity contribution in [1.29, 1.82) is 0 Å². The van der Waals surface area contributed by atoms with Crippen molar-refractivity contribution in [2.24, 2.45) is 16.1 Å². The lowest BCUT2D eigenvalue weighted by molar-refractivity contribution is -0.144. The van der Waals surface area contributed by atoms with Gasteiger partial charge in [0.1, 0.15) is 12.4 Å². The summed E-state index contributed by atoms with van der Waals surface area (Å²) >= 11 is 0. The molecule has 6 N–H and O–H groups in total. The number of carbonyl (C=O) groups is 4. The minimum atomic E-state index is -0.984. The van der Waals surface area contributed by atoms with Gasteiger partial charge >= 0.3 is 17.9 Å². The number of carboxylic acids is 3. The number of hydrogen-bond acceptors (Lipinski definition) is 10. The zero-order valence-electron chi connectivity index (χ0n) is 38.2. The summed E-state index contributed by atoms with van der Waals surface area (Å²) in [5, 5.41) is 37.7. The molecule has 0 bridgehead atoms. The number of hydrogen-bond donors (Lipinski definition) is 6. The topological polar surface area (TPSA) is 196 Å². The summed E-state index contributed by atoms with van der Waals surface area (Å²) in [5.41, 5.74) is 8.24. The van der Waals surface area contributed by atoms with Crippen molar-refractivity contribution in [2.45, 2.75) is 172 Å². The summed E-state index contributed by atoms with van der Waals surface area (Å²) in [5.74, 6) is -1.34. The molecule has 1 heterocycles. The van der Waals surface area contributed by atoms with E-state index < -0.39 is 23.9 Å². The monoisotopic (exact) mass is 822 g/mol. The molecule has 58 heavy (non-hydrogen) atoms. The number of aryl methyl sites for hydroxylation is 1. The van der Waals surface area contributed by atoms with Crippen LogP contribution in [0.2, 0.25) is 0 Å². The number of rotatable bonds is 25. The van der Waals surface area contributed by atoms with E-state index in [1.54, 1.807) is 6.92 Å². The molecule has 0 fully saturated rings. The largest absolute Gasteiger partial charge is 0.481 e. The van der Waals surface area contributed by atoms with Crippen molar-refractivity contribution in [3.63, 3.8) is 0 Å². The number of amidine groups is 1. The lowest BCUT2D eigenvalue weighted by Gasteiger charge is -2.31. The zero-order valence-corrected chi connectivity index (χ0v) is 38.2. The predicted molar refractivity (Wildman–Crippen MR) is 239 cm³/mol. The highest BCUT2D eigenvalue weighted by Gasteiger charge is 2.26. The Morgan fingerprint density at radius 3 is 1.90 bits per heavy atom. The van der Waals surface area contributed by atoms with Crippen LogP contribution in [0.5, 0.6) is 0 Å². The Morgan fingerprint density at radius 2 is 1.41 bits per heavy atom. The van der Waals surface area contributed by atoms with Crippen molar-refractivity contribution < 1.29 is 34.5 Å². The zero-order chi connectivity index (χ0) is 44.7. The van der Waals surface area contributed by atoms with Crippen LogP contribution in [-0.2, 0) is 25.7 Å². The molecule has 0 spiro atoms. The van der Waals surface area contributed by atoms with Crippen LogP contribution in [0.3, 0.4) is 0 Å². The first kappa shape index (κ1) is 58.3. The first-order chi connectivity index (χ1) is 27.7. The lowest BCUT2D eigenvalue weighted by Crippen LogP contribution is -2.46. The van der Waals surface area contributed by atoms with Crippen molar-refractivity contribution >= 4 is 36.0 Å². The molecule has 0 aliphatic carbocycles. The number of carbonyl (C=O) groups excluding carboxylic acids is 1. The van der Waals surface area contributed by atoms with Gasteiger partial charge in [-0.05, 0) is 62.9 Å². The number of aliphatic carboxylic acids is 3. The van der Waals surface area contributed by atoms with Gasteiger partial charge in [-0.1, -0.05) is 132 Å². The number of unbranched alkanes of at least 4 members (excludes halogenated alkanes) is 4. The maximum Gasteiger partial charge on any atom is 0.320 e. The summed E-state index contributed by atoms with van der Waals surface area (Å²) in [6.07, 6.45) is 14.6. The second-order valence-electron chi connectivity index (χ2n) is 14.2. The standard InChI is InChI=1S/C25H39N7O5.C10H22.C4H10.C3H6O2.C2H6/c1-4-8-31(16-23(34)35)10-11-32(9-5-2)21(25(36)37)6-7-22(33)26-15-19-12-18(3)13-20(14-19)24-29-27-17-28-30-24;1-4-6-7-8-9-10(3)5-2;1-3-4-2;1-2-3(4)5;1-2/h12-14,17,21H,4-11,15-16H2,1-3H3,(H,26,33)(H,27,28)(H,29,30)(H,34,35)(H,36,37);10H,4-9H2,1-3H3;3-4H2,1-2H3;2H2,1H3,(H,4,5);1-2H3. The maximum atomic E-state index is 12.6. The highest BCUT2D eigenvalue weighted by Crippen LogP contribution is 2.14. The quantitative estimate of drug-likeness (QED) is 0.0518. The Morgan fingerprint density at radius 1 is 0.776 bits per heavy atom. The Hall–Kier alpha value is -4.04. The highest BCUT2D eigenvalue weighted by molar-refractivity contribution is 6.00.